The van der Waals surface area contributed by atoms with Crippen molar-refractivity contribution in [3.05, 3.63) is 0 Å². The molecule has 0 atom stereocenters. The SMILES string of the molecule is CC(C)(C)N1CCN(CCCC(=O)N2CCC3(CCC3)CC2)CC1. The molecular weight excluding hydrogens is 298 g/mol. The van der Waals surface area contributed by atoms with Gasteiger partial charge in [-0.3, -0.25) is 9.69 Å². The highest BCUT2D eigenvalue weighted by molar-refractivity contribution is 5.76. The molecule has 1 spiro atoms. The van der Waals surface area contributed by atoms with Crippen LogP contribution in [0.3, 0.4) is 0 Å². The molecule has 0 N–H and O–H groups in total. The van der Waals surface area contributed by atoms with Crippen molar-refractivity contribution in [2.75, 3.05) is 45.8 Å². The molecule has 3 fully saturated rings. The summed E-state index contributed by atoms with van der Waals surface area (Å²) >= 11 is 0. The second-order valence-corrected chi connectivity index (χ2v) is 9.34. The summed E-state index contributed by atoms with van der Waals surface area (Å²) < 4.78 is 0. The smallest absolute Gasteiger partial charge is 0.222 e. The van der Waals surface area contributed by atoms with E-state index in [0.29, 0.717) is 11.3 Å². The predicted octanol–water partition coefficient (Wildman–Crippen LogP) is 2.98. The Kier molecular flexibility index (Phi) is 5.55. The summed E-state index contributed by atoms with van der Waals surface area (Å²) in [7, 11) is 0. The monoisotopic (exact) mass is 335 g/mol. The Bertz CT molecular complexity index is 421. The van der Waals surface area contributed by atoms with Crippen molar-refractivity contribution in [2.45, 2.75) is 71.3 Å². The standard InChI is InChI=1S/C20H37N3O/c1-19(2,3)23-16-14-21(15-17-23)11-4-6-18(24)22-12-9-20(10-13-22)7-5-8-20/h4-17H2,1-3H3. The van der Waals surface area contributed by atoms with Gasteiger partial charge in [0.2, 0.25) is 5.91 Å². The Labute approximate surface area is 148 Å². The Morgan fingerprint density at radius 3 is 2.04 bits per heavy atom. The minimum atomic E-state index is 0.286. The summed E-state index contributed by atoms with van der Waals surface area (Å²) in [5.41, 5.74) is 0.928. The molecule has 0 radical (unpaired) electrons. The van der Waals surface area contributed by atoms with E-state index in [9.17, 15) is 4.79 Å². The summed E-state index contributed by atoms with van der Waals surface area (Å²) in [6, 6.07) is 0. The molecule has 3 rings (SSSR count). The summed E-state index contributed by atoms with van der Waals surface area (Å²) in [6.45, 7) is 14.6. The summed E-state index contributed by atoms with van der Waals surface area (Å²) in [4.78, 5) is 19.7. The molecule has 1 amide bonds. The lowest BCUT2D eigenvalue weighted by Crippen LogP contribution is -2.53. The van der Waals surface area contributed by atoms with Crippen molar-refractivity contribution in [3.8, 4) is 0 Å². The minimum Gasteiger partial charge on any atom is -0.343 e. The molecule has 0 aromatic carbocycles. The molecule has 24 heavy (non-hydrogen) atoms. The molecule has 3 aliphatic rings. The highest BCUT2D eigenvalue weighted by Crippen LogP contribution is 2.48. The van der Waals surface area contributed by atoms with Gasteiger partial charge >= 0.3 is 0 Å². The van der Waals surface area contributed by atoms with Crippen LogP contribution in [0.25, 0.3) is 0 Å². The quantitative estimate of drug-likeness (QED) is 0.790. The molecule has 138 valence electrons. The second kappa shape index (κ2) is 7.33. The summed E-state index contributed by atoms with van der Waals surface area (Å²) in [5.74, 6) is 0.400. The van der Waals surface area contributed by atoms with Crippen molar-refractivity contribution >= 4 is 5.91 Å². The highest BCUT2D eigenvalue weighted by Gasteiger charge is 2.40. The Balaban J connectivity index is 1.30. The molecule has 2 aliphatic heterocycles. The van der Waals surface area contributed by atoms with Crippen LogP contribution in [-0.4, -0.2) is 72.0 Å². The Morgan fingerprint density at radius 2 is 1.54 bits per heavy atom. The zero-order valence-corrected chi connectivity index (χ0v) is 16.1. The normalized spacial score (nSPS) is 25.7. The molecule has 1 saturated carbocycles. The molecule has 0 bridgehead atoms. The van der Waals surface area contributed by atoms with Gasteiger partial charge in [0, 0.05) is 51.2 Å². The fourth-order valence-corrected chi connectivity index (χ4v) is 4.66. The maximum atomic E-state index is 12.4. The van der Waals surface area contributed by atoms with Gasteiger partial charge in [-0.2, -0.15) is 0 Å². The van der Waals surface area contributed by atoms with Crippen LogP contribution in [0.2, 0.25) is 0 Å². The third-order valence-corrected chi connectivity index (χ3v) is 6.78. The largest absolute Gasteiger partial charge is 0.343 e. The van der Waals surface area contributed by atoms with E-state index in [0.717, 1.165) is 58.7 Å². The van der Waals surface area contributed by atoms with E-state index in [1.54, 1.807) is 0 Å². The molecule has 4 nitrogen and oxygen atoms in total. The van der Waals surface area contributed by atoms with Gasteiger partial charge in [0.1, 0.15) is 0 Å². The number of amides is 1. The lowest BCUT2D eigenvalue weighted by atomic mass is 9.63. The molecule has 0 aromatic rings. The van der Waals surface area contributed by atoms with Crippen LogP contribution in [-0.2, 0) is 4.79 Å². The van der Waals surface area contributed by atoms with Crippen LogP contribution in [0.15, 0.2) is 0 Å². The van der Waals surface area contributed by atoms with E-state index in [-0.39, 0.29) is 5.54 Å². The third kappa shape index (κ3) is 4.32. The van der Waals surface area contributed by atoms with Crippen LogP contribution < -0.4 is 0 Å². The average molecular weight is 336 g/mol. The second-order valence-electron chi connectivity index (χ2n) is 9.34. The van der Waals surface area contributed by atoms with E-state index in [1.807, 2.05) is 0 Å². The number of piperazine rings is 1. The van der Waals surface area contributed by atoms with Crippen LogP contribution in [0.1, 0.15) is 65.7 Å². The van der Waals surface area contributed by atoms with Crippen LogP contribution in [0.5, 0.6) is 0 Å². The average Bonchev–Trinajstić information content (AvgIpc) is 2.53. The molecule has 0 unspecified atom stereocenters. The zero-order valence-electron chi connectivity index (χ0n) is 16.1. The molecule has 0 aromatic heterocycles. The van der Waals surface area contributed by atoms with Crippen molar-refractivity contribution in [2.24, 2.45) is 5.41 Å². The van der Waals surface area contributed by atoms with Crippen molar-refractivity contribution in [1.82, 2.24) is 14.7 Å². The predicted molar refractivity (Wildman–Crippen MR) is 99.1 cm³/mol. The first-order chi connectivity index (χ1) is 11.4. The van der Waals surface area contributed by atoms with Gasteiger partial charge in [-0.1, -0.05) is 6.42 Å². The summed E-state index contributed by atoms with van der Waals surface area (Å²) in [5, 5.41) is 0. The van der Waals surface area contributed by atoms with Gasteiger partial charge in [0.25, 0.3) is 0 Å². The first-order valence-electron chi connectivity index (χ1n) is 10.1. The Hall–Kier alpha value is -0.610. The van der Waals surface area contributed by atoms with Gasteiger partial charge in [0.05, 0.1) is 0 Å². The molecule has 2 saturated heterocycles. The maximum Gasteiger partial charge on any atom is 0.222 e. The topological polar surface area (TPSA) is 26.8 Å². The number of likely N-dealkylation sites (tertiary alicyclic amines) is 1. The molecular formula is C20H37N3O. The fourth-order valence-electron chi connectivity index (χ4n) is 4.66. The first-order valence-corrected chi connectivity index (χ1v) is 10.1. The maximum absolute atomic E-state index is 12.4. The van der Waals surface area contributed by atoms with E-state index in [1.165, 1.54) is 32.1 Å². The summed E-state index contributed by atoms with van der Waals surface area (Å²) in [6.07, 6.45) is 8.52. The van der Waals surface area contributed by atoms with Gasteiger partial charge in [0.15, 0.2) is 0 Å². The number of rotatable bonds is 4. The minimum absolute atomic E-state index is 0.286. The molecule has 2 heterocycles. The number of piperidine rings is 1. The lowest BCUT2D eigenvalue weighted by Gasteiger charge is -2.48. The number of hydrogen-bond acceptors (Lipinski definition) is 3. The van der Waals surface area contributed by atoms with E-state index < -0.39 is 0 Å². The van der Waals surface area contributed by atoms with Crippen molar-refractivity contribution in [1.29, 1.82) is 0 Å². The number of carbonyl (C=O) groups is 1. The van der Waals surface area contributed by atoms with Gasteiger partial charge in [-0.15, -0.1) is 0 Å². The number of hydrogen-bond donors (Lipinski definition) is 0. The molecule has 4 heteroatoms. The number of carbonyl (C=O) groups excluding carboxylic acids is 1. The molecule has 1 aliphatic carbocycles. The highest BCUT2D eigenvalue weighted by atomic mass is 16.2. The van der Waals surface area contributed by atoms with E-state index >= 15 is 0 Å². The van der Waals surface area contributed by atoms with Crippen molar-refractivity contribution in [3.63, 3.8) is 0 Å². The van der Waals surface area contributed by atoms with Gasteiger partial charge in [-0.05, 0) is 64.8 Å². The third-order valence-electron chi connectivity index (χ3n) is 6.78. The first kappa shape index (κ1) is 18.2. The number of nitrogens with zero attached hydrogens (tertiary/aromatic N) is 3. The van der Waals surface area contributed by atoms with Gasteiger partial charge in [-0.25, -0.2) is 0 Å². The van der Waals surface area contributed by atoms with E-state index in [2.05, 4.69) is 35.5 Å². The lowest BCUT2D eigenvalue weighted by molar-refractivity contribution is -0.134. The zero-order chi connectivity index (χ0) is 17.2. The van der Waals surface area contributed by atoms with Crippen LogP contribution in [0.4, 0.5) is 0 Å². The van der Waals surface area contributed by atoms with Crippen LogP contribution >= 0.6 is 0 Å². The van der Waals surface area contributed by atoms with Crippen LogP contribution in [0, 0.1) is 5.41 Å². The van der Waals surface area contributed by atoms with Crippen molar-refractivity contribution < 1.29 is 4.79 Å². The van der Waals surface area contributed by atoms with E-state index in [4.69, 9.17) is 0 Å². The van der Waals surface area contributed by atoms with Gasteiger partial charge < -0.3 is 9.80 Å². The fraction of sp³-hybridized carbons (Fsp3) is 0.950. The Morgan fingerprint density at radius 1 is 0.917 bits per heavy atom.